The molecule has 2 unspecified atom stereocenters. The first-order valence-corrected chi connectivity index (χ1v) is 8.49. The molecule has 0 amide bonds. The van der Waals surface area contributed by atoms with Crippen LogP contribution in [-0.4, -0.2) is 20.2 Å². The van der Waals surface area contributed by atoms with Crippen molar-refractivity contribution in [2.45, 2.75) is 53.4 Å². The summed E-state index contributed by atoms with van der Waals surface area (Å²) in [7, 11) is 3.02. The van der Waals surface area contributed by atoms with Gasteiger partial charge in [-0.15, -0.1) is 0 Å². The fraction of sp³-hybridized carbons (Fsp3) is 0.650. The number of rotatable bonds is 3. The third kappa shape index (κ3) is 3.39. The minimum atomic E-state index is -0.331. The van der Waals surface area contributed by atoms with E-state index in [9.17, 15) is 4.79 Å². The van der Waals surface area contributed by atoms with E-state index >= 15 is 0 Å². The van der Waals surface area contributed by atoms with E-state index in [0.717, 1.165) is 6.42 Å². The predicted octanol–water partition coefficient (Wildman–Crippen LogP) is 4.83. The van der Waals surface area contributed by atoms with Crippen molar-refractivity contribution in [3.8, 4) is 5.75 Å². The summed E-state index contributed by atoms with van der Waals surface area (Å²) >= 11 is 0. The molecule has 1 aliphatic rings. The smallest absolute Gasteiger partial charge is 0.341 e. The Morgan fingerprint density at radius 3 is 2.35 bits per heavy atom. The molecule has 128 valence electrons. The number of methoxy groups -OCH3 is 2. The maximum atomic E-state index is 12.0. The van der Waals surface area contributed by atoms with Gasteiger partial charge in [-0.3, -0.25) is 0 Å². The van der Waals surface area contributed by atoms with Crippen molar-refractivity contribution >= 4 is 5.97 Å². The maximum Gasteiger partial charge on any atom is 0.341 e. The quantitative estimate of drug-likeness (QED) is 0.749. The van der Waals surface area contributed by atoms with Gasteiger partial charge in [0.15, 0.2) is 0 Å². The number of carbonyl (C=O) groups is 1. The third-order valence-electron chi connectivity index (χ3n) is 5.17. The topological polar surface area (TPSA) is 35.5 Å². The number of aryl methyl sites for hydroxylation is 1. The molecule has 0 fully saturated rings. The molecule has 0 spiro atoms. The zero-order valence-electron chi connectivity index (χ0n) is 15.5. The summed E-state index contributed by atoms with van der Waals surface area (Å²) in [4.78, 5) is 12.0. The van der Waals surface area contributed by atoms with Gasteiger partial charge in [0.2, 0.25) is 0 Å². The van der Waals surface area contributed by atoms with Crippen molar-refractivity contribution in [3.63, 3.8) is 0 Å². The highest BCUT2D eigenvalue weighted by Gasteiger charge is 2.39. The Kier molecular flexibility index (Phi) is 5.07. The molecule has 1 aliphatic carbocycles. The Balaban J connectivity index is 2.61. The summed E-state index contributed by atoms with van der Waals surface area (Å²) in [6.45, 7) is 11.6. The largest absolute Gasteiger partial charge is 0.496 e. The first-order valence-electron chi connectivity index (χ1n) is 8.49. The monoisotopic (exact) mass is 318 g/mol. The molecule has 0 heterocycles. The molecular formula is C20H30O3. The van der Waals surface area contributed by atoms with E-state index in [1.165, 1.54) is 24.7 Å². The van der Waals surface area contributed by atoms with Crippen LogP contribution in [0.25, 0.3) is 0 Å². The lowest BCUT2D eigenvalue weighted by atomic mass is 9.61. The molecule has 3 nitrogen and oxygen atoms in total. The number of hydrogen-bond acceptors (Lipinski definition) is 3. The summed E-state index contributed by atoms with van der Waals surface area (Å²) in [6.07, 6.45) is 2.18. The van der Waals surface area contributed by atoms with Crippen LogP contribution in [0.3, 0.4) is 0 Å². The number of ether oxygens (including phenoxy) is 2. The Morgan fingerprint density at radius 1 is 1.22 bits per heavy atom. The maximum absolute atomic E-state index is 12.0. The molecule has 2 atom stereocenters. The second-order valence-electron chi connectivity index (χ2n) is 8.03. The summed E-state index contributed by atoms with van der Waals surface area (Å²) in [5, 5.41) is 0. The van der Waals surface area contributed by atoms with Crippen LogP contribution < -0.4 is 4.74 Å². The normalized spacial score (nSPS) is 21.0. The second-order valence-corrected chi connectivity index (χ2v) is 8.03. The van der Waals surface area contributed by atoms with Crippen LogP contribution in [-0.2, 0) is 11.2 Å². The van der Waals surface area contributed by atoms with Gasteiger partial charge in [-0.1, -0.05) is 34.6 Å². The highest BCUT2D eigenvalue weighted by atomic mass is 16.5. The number of fused-ring (bicyclic) bond motifs is 1. The molecule has 0 N–H and O–H groups in total. The van der Waals surface area contributed by atoms with E-state index in [0.29, 0.717) is 29.1 Å². The third-order valence-corrected chi connectivity index (χ3v) is 5.17. The standard InChI is InChI=1S/C20H30O3/c1-12(2)14-9-8-13-10-16(19(21)23-7)17(22-6)11-15(13)18(14)20(3,4)5/h10-12,14,18H,8-9H2,1-7H3. The van der Waals surface area contributed by atoms with Crippen LogP contribution in [0.4, 0.5) is 0 Å². The molecule has 2 rings (SSSR count). The Bertz CT molecular complexity index is 581. The van der Waals surface area contributed by atoms with Crippen molar-refractivity contribution in [1.82, 2.24) is 0 Å². The molecule has 0 aromatic heterocycles. The van der Waals surface area contributed by atoms with Crippen LogP contribution in [0.15, 0.2) is 12.1 Å². The van der Waals surface area contributed by atoms with Gasteiger partial charge in [0.1, 0.15) is 11.3 Å². The van der Waals surface area contributed by atoms with Crippen LogP contribution in [0.5, 0.6) is 5.75 Å². The zero-order valence-corrected chi connectivity index (χ0v) is 15.5. The van der Waals surface area contributed by atoms with E-state index in [1.54, 1.807) is 7.11 Å². The van der Waals surface area contributed by atoms with E-state index < -0.39 is 0 Å². The van der Waals surface area contributed by atoms with Gasteiger partial charge >= 0.3 is 5.97 Å². The molecule has 3 heteroatoms. The summed E-state index contributed by atoms with van der Waals surface area (Å²) in [5.41, 5.74) is 3.31. The molecule has 0 aliphatic heterocycles. The van der Waals surface area contributed by atoms with Gasteiger partial charge in [0, 0.05) is 0 Å². The van der Waals surface area contributed by atoms with Crippen molar-refractivity contribution < 1.29 is 14.3 Å². The van der Waals surface area contributed by atoms with Crippen molar-refractivity contribution in [2.24, 2.45) is 17.3 Å². The van der Waals surface area contributed by atoms with Gasteiger partial charge in [0.05, 0.1) is 14.2 Å². The fourth-order valence-corrected chi connectivity index (χ4v) is 4.13. The lowest BCUT2D eigenvalue weighted by Crippen LogP contribution is -2.33. The first-order chi connectivity index (χ1) is 10.7. The average molecular weight is 318 g/mol. The summed E-state index contributed by atoms with van der Waals surface area (Å²) < 4.78 is 10.4. The molecule has 0 saturated carbocycles. The average Bonchev–Trinajstić information content (AvgIpc) is 2.50. The second kappa shape index (κ2) is 6.54. The van der Waals surface area contributed by atoms with E-state index in [1.807, 2.05) is 6.07 Å². The molecule has 0 saturated heterocycles. The summed E-state index contributed by atoms with van der Waals surface area (Å²) in [5.74, 6) is 2.04. The number of hydrogen-bond donors (Lipinski definition) is 0. The Morgan fingerprint density at radius 2 is 1.87 bits per heavy atom. The highest BCUT2D eigenvalue weighted by Crippen LogP contribution is 2.50. The fourth-order valence-electron chi connectivity index (χ4n) is 4.13. The van der Waals surface area contributed by atoms with Crippen LogP contribution in [0.2, 0.25) is 0 Å². The molecule has 1 aromatic carbocycles. The van der Waals surface area contributed by atoms with Gasteiger partial charge in [0.25, 0.3) is 0 Å². The van der Waals surface area contributed by atoms with Crippen LogP contribution in [0.1, 0.15) is 68.4 Å². The lowest BCUT2D eigenvalue weighted by molar-refractivity contribution is 0.0596. The minimum absolute atomic E-state index is 0.169. The Hall–Kier alpha value is -1.51. The predicted molar refractivity (Wildman–Crippen MR) is 93.2 cm³/mol. The minimum Gasteiger partial charge on any atom is -0.496 e. The van der Waals surface area contributed by atoms with Gasteiger partial charge in [-0.2, -0.15) is 0 Å². The molecule has 1 aromatic rings. The van der Waals surface area contributed by atoms with Crippen molar-refractivity contribution in [3.05, 3.63) is 28.8 Å². The first kappa shape index (κ1) is 17.8. The van der Waals surface area contributed by atoms with E-state index in [4.69, 9.17) is 9.47 Å². The van der Waals surface area contributed by atoms with Gasteiger partial charge in [-0.05, 0) is 59.3 Å². The van der Waals surface area contributed by atoms with Crippen LogP contribution >= 0.6 is 0 Å². The lowest BCUT2D eigenvalue weighted by Gasteiger charge is -2.44. The Labute approximate surface area is 140 Å². The summed E-state index contributed by atoms with van der Waals surface area (Å²) in [6, 6.07) is 4.06. The molecule has 23 heavy (non-hydrogen) atoms. The number of benzene rings is 1. The van der Waals surface area contributed by atoms with E-state index in [-0.39, 0.29) is 11.4 Å². The van der Waals surface area contributed by atoms with E-state index in [2.05, 4.69) is 40.7 Å². The highest BCUT2D eigenvalue weighted by molar-refractivity contribution is 5.93. The molecular weight excluding hydrogens is 288 g/mol. The molecule has 0 bridgehead atoms. The number of esters is 1. The van der Waals surface area contributed by atoms with Crippen molar-refractivity contribution in [1.29, 1.82) is 0 Å². The van der Waals surface area contributed by atoms with Crippen LogP contribution in [0, 0.1) is 17.3 Å². The number of carbonyl (C=O) groups excluding carboxylic acids is 1. The van der Waals surface area contributed by atoms with Crippen molar-refractivity contribution in [2.75, 3.05) is 14.2 Å². The molecule has 0 radical (unpaired) electrons. The van der Waals surface area contributed by atoms with Gasteiger partial charge in [-0.25, -0.2) is 4.79 Å². The van der Waals surface area contributed by atoms with Gasteiger partial charge < -0.3 is 9.47 Å². The SMILES string of the molecule is COC(=O)c1cc2c(cc1OC)C(C(C)(C)C)C(C(C)C)CC2. The zero-order chi connectivity index (χ0) is 17.4.